The molecule has 1 rings (SSSR count). The molecule has 0 saturated heterocycles. The number of aryl methyl sites for hydroxylation is 1. The van der Waals surface area contributed by atoms with Gasteiger partial charge in [0.25, 0.3) is 0 Å². The monoisotopic (exact) mass is 223 g/mol. The number of nitriles is 1. The molecular weight excluding hydrogens is 214 g/mol. The zero-order chi connectivity index (χ0) is 11.3. The van der Waals surface area contributed by atoms with Crippen LogP contribution < -0.4 is 4.74 Å². The lowest BCUT2D eigenvalue weighted by Crippen LogP contribution is -2.07. The molecule has 0 amide bonds. The van der Waals surface area contributed by atoms with Crippen molar-refractivity contribution in [1.82, 2.24) is 0 Å². The van der Waals surface area contributed by atoms with E-state index in [4.69, 9.17) is 21.6 Å². The first kappa shape index (κ1) is 11.5. The van der Waals surface area contributed by atoms with Crippen molar-refractivity contribution >= 4 is 17.6 Å². The summed E-state index contributed by atoms with van der Waals surface area (Å²) in [6.45, 7) is 1.96. The number of rotatable bonds is 3. The number of carbonyl (C=O) groups excluding carboxylic acids is 1. The maximum absolute atomic E-state index is 11.1. The van der Waals surface area contributed by atoms with Crippen LogP contribution in [-0.4, -0.2) is 5.97 Å². The molecule has 3 nitrogen and oxygen atoms in total. The largest absolute Gasteiger partial charge is 0.424 e. The van der Waals surface area contributed by atoms with Crippen molar-refractivity contribution in [2.45, 2.75) is 19.8 Å². The lowest BCUT2D eigenvalue weighted by atomic mass is 10.1. The Balaban J connectivity index is 2.87. The van der Waals surface area contributed by atoms with E-state index in [0.717, 1.165) is 12.0 Å². The fourth-order valence-corrected chi connectivity index (χ4v) is 1.43. The third-order valence-electron chi connectivity index (χ3n) is 1.87. The number of hydrogen-bond acceptors (Lipinski definition) is 3. The lowest BCUT2D eigenvalue weighted by Gasteiger charge is -2.07. The van der Waals surface area contributed by atoms with Gasteiger partial charge in [-0.1, -0.05) is 30.7 Å². The summed E-state index contributed by atoms with van der Waals surface area (Å²) in [5.74, 6) is -0.274. The fourth-order valence-electron chi connectivity index (χ4n) is 1.13. The maximum atomic E-state index is 11.1. The van der Waals surface area contributed by atoms with Crippen LogP contribution >= 0.6 is 11.6 Å². The summed E-state index contributed by atoms with van der Waals surface area (Å²) in [4.78, 5) is 11.1. The number of hydrogen-bond donors (Lipinski definition) is 0. The second-order valence-electron chi connectivity index (χ2n) is 2.89. The number of halogens is 1. The lowest BCUT2D eigenvalue weighted by molar-refractivity contribution is -0.133. The van der Waals surface area contributed by atoms with Gasteiger partial charge in [0.1, 0.15) is 12.2 Å². The molecule has 0 unspecified atom stereocenters. The van der Waals surface area contributed by atoms with E-state index in [-0.39, 0.29) is 6.42 Å². The molecule has 0 saturated carbocycles. The number of benzene rings is 1. The van der Waals surface area contributed by atoms with Gasteiger partial charge in [0.2, 0.25) is 0 Å². The van der Waals surface area contributed by atoms with Crippen LogP contribution in [0.1, 0.15) is 18.9 Å². The van der Waals surface area contributed by atoms with Gasteiger partial charge in [0, 0.05) is 0 Å². The fraction of sp³-hybridized carbons (Fsp3) is 0.273. The van der Waals surface area contributed by atoms with Crippen molar-refractivity contribution < 1.29 is 9.53 Å². The molecule has 0 aliphatic rings. The normalized spacial score (nSPS) is 9.40. The molecule has 1 aromatic rings. The van der Waals surface area contributed by atoms with Gasteiger partial charge in [-0.2, -0.15) is 5.26 Å². The Kier molecular flexibility index (Phi) is 4.14. The van der Waals surface area contributed by atoms with E-state index < -0.39 is 5.97 Å². The Labute approximate surface area is 93.2 Å². The summed E-state index contributed by atoms with van der Waals surface area (Å²) in [6.07, 6.45) is 0.495. The molecule has 0 aliphatic heterocycles. The Morgan fingerprint density at radius 1 is 1.60 bits per heavy atom. The number of nitrogens with zero attached hydrogens (tertiary/aromatic N) is 1. The molecule has 0 aliphatic carbocycles. The van der Waals surface area contributed by atoms with Crippen LogP contribution in [0.3, 0.4) is 0 Å². The molecule has 0 aromatic heterocycles. The summed E-state index contributed by atoms with van der Waals surface area (Å²) in [5.41, 5.74) is 0.916. The van der Waals surface area contributed by atoms with Crippen molar-refractivity contribution in [3.8, 4) is 11.8 Å². The van der Waals surface area contributed by atoms with E-state index in [1.165, 1.54) is 0 Å². The maximum Gasteiger partial charge on any atom is 0.325 e. The Morgan fingerprint density at radius 2 is 2.33 bits per heavy atom. The van der Waals surface area contributed by atoms with Crippen molar-refractivity contribution in [2.75, 3.05) is 0 Å². The van der Waals surface area contributed by atoms with Crippen LogP contribution in [0.2, 0.25) is 5.02 Å². The predicted octanol–water partition coefficient (Wildman–Crippen LogP) is 2.72. The van der Waals surface area contributed by atoms with Crippen LogP contribution in [0.25, 0.3) is 0 Å². The predicted molar refractivity (Wildman–Crippen MR) is 56.7 cm³/mol. The topological polar surface area (TPSA) is 50.1 Å². The molecule has 0 bridgehead atoms. The summed E-state index contributed by atoms with van der Waals surface area (Å²) in [7, 11) is 0. The third-order valence-corrected chi connectivity index (χ3v) is 2.30. The van der Waals surface area contributed by atoms with E-state index in [1.54, 1.807) is 18.2 Å². The smallest absolute Gasteiger partial charge is 0.325 e. The highest BCUT2D eigenvalue weighted by molar-refractivity contribution is 6.32. The van der Waals surface area contributed by atoms with Gasteiger partial charge in [-0.25, -0.2) is 0 Å². The van der Waals surface area contributed by atoms with Gasteiger partial charge < -0.3 is 4.74 Å². The summed E-state index contributed by atoms with van der Waals surface area (Å²) < 4.78 is 4.93. The Morgan fingerprint density at radius 3 is 2.93 bits per heavy atom. The molecule has 4 heteroatoms. The Bertz CT molecular complexity index is 410. The van der Waals surface area contributed by atoms with E-state index in [9.17, 15) is 4.79 Å². The van der Waals surface area contributed by atoms with Gasteiger partial charge in [-0.15, -0.1) is 0 Å². The highest BCUT2D eigenvalue weighted by atomic mass is 35.5. The van der Waals surface area contributed by atoms with Crippen molar-refractivity contribution in [3.05, 3.63) is 28.8 Å². The third kappa shape index (κ3) is 2.97. The van der Waals surface area contributed by atoms with Crippen LogP contribution in [0.4, 0.5) is 0 Å². The van der Waals surface area contributed by atoms with E-state index in [1.807, 2.05) is 13.0 Å². The summed E-state index contributed by atoms with van der Waals surface area (Å²) in [6, 6.07) is 6.95. The molecule has 1 aromatic carbocycles. The van der Waals surface area contributed by atoms with Gasteiger partial charge in [-0.3, -0.25) is 4.79 Å². The first-order chi connectivity index (χ1) is 7.19. The standard InChI is InChI=1S/C11H10ClNO2/c1-2-8-4-3-5-9(11(8)12)15-10(14)6-7-13/h3-5H,2,6H2,1H3. The number of ether oxygens (including phenoxy) is 1. The van der Waals surface area contributed by atoms with Crippen LogP contribution in [0, 0.1) is 11.3 Å². The van der Waals surface area contributed by atoms with Gasteiger partial charge in [-0.05, 0) is 18.1 Å². The molecule has 0 atom stereocenters. The quantitative estimate of drug-likeness (QED) is 0.585. The van der Waals surface area contributed by atoms with E-state index in [2.05, 4.69) is 0 Å². The molecule has 78 valence electrons. The zero-order valence-corrected chi connectivity index (χ0v) is 9.04. The van der Waals surface area contributed by atoms with Crippen molar-refractivity contribution in [3.63, 3.8) is 0 Å². The molecule has 0 spiro atoms. The van der Waals surface area contributed by atoms with E-state index in [0.29, 0.717) is 10.8 Å². The molecule has 0 heterocycles. The van der Waals surface area contributed by atoms with Gasteiger partial charge in [0.05, 0.1) is 11.1 Å². The highest BCUT2D eigenvalue weighted by Gasteiger charge is 2.09. The van der Waals surface area contributed by atoms with Crippen molar-refractivity contribution in [2.24, 2.45) is 0 Å². The first-order valence-corrected chi connectivity index (χ1v) is 4.91. The number of esters is 1. The average molecular weight is 224 g/mol. The average Bonchev–Trinajstić information content (AvgIpc) is 2.21. The minimum absolute atomic E-state index is 0.271. The molecular formula is C11H10ClNO2. The molecule has 0 radical (unpaired) electrons. The summed E-state index contributed by atoms with van der Waals surface area (Å²) in [5, 5.41) is 8.74. The van der Waals surface area contributed by atoms with Crippen LogP contribution in [0.5, 0.6) is 5.75 Å². The SMILES string of the molecule is CCc1cccc(OC(=O)CC#N)c1Cl. The second-order valence-corrected chi connectivity index (χ2v) is 3.27. The molecule has 15 heavy (non-hydrogen) atoms. The summed E-state index contributed by atoms with van der Waals surface area (Å²) >= 11 is 5.99. The van der Waals surface area contributed by atoms with Crippen LogP contribution in [0.15, 0.2) is 18.2 Å². The van der Waals surface area contributed by atoms with Gasteiger partial charge in [0.15, 0.2) is 0 Å². The van der Waals surface area contributed by atoms with Gasteiger partial charge >= 0.3 is 5.97 Å². The molecule has 0 N–H and O–H groups in total. The zero-order valence-electron chi connectivity index (χ0n) is 8.29. The molecule has 0 fully saturated rings. The number of carbonyl (C=O) groups is 1. The minimum Gasteiger partial charge on any atom is -0.424 e. The first-order valence-electron chi connectivity index (χ1n) is 4.54. The highest BCUT2D eigenvalue weighted by Crippen LogP contribution is 2.28. The van der Waals surface area contributed by atoms with E-state index >= 15 is 0 Å². The minimum atomic E-state index is -0.590. The Hall–Kier alpha value is -1.53. The second kappa shape index (κ2) is 5.38. The van der Waals surface area contributed by atoms with Crippen molar-refractivity contribution in [1.29, 1.82) is 5.26 Å². The van der Waals surface area contributed by atoms with Crippen LogP contribution in [-0.2, 0) is 11.2 Å².